The monoisotopic (exact) mass is 290 g/mol. The van der Waals surface area contributed by atoms with Crippen LogP contribution in [0, 0.1) is 0 Å². The summed E-state index contributed by atoms with van der Waals surface area (Å²) in [6.07, 6.45) is 3.50. The molecule has 0 amide bonds. The summed E-state index contributed by atoms with van der Waals surface area (Å²) in [6.45, 7) is 4.64. The van der Waals surface area contributed by atoms with Gasteiger partial charge in [-0.2, -0.15) is 0 Å². The molecule has 0 aliphatic carbocycles. The zero-order valence-corrected chi connectivity index (χ0v) is 12.4. The standard InChI is InChI=1S/C15H18N2O2S/c1-11(2)19-14-5-3-13(4-6-14)17-15(20)16-9-12-7-8-18-10-12/h3-8,10-11H,9H2,1-2H3,(H2,16,17,20). The minimum Gasteiger partial charge on any atom is -0.491 e. The van der Waals surface area contributed by atoms with Gasteiger partial charge >= 0.3 is 0 Å². The van der Waals surface area contributed by atoms with Crippen LogP contribution in [0.25, 0.3) is 0 Å². The predicted molar refractivity (Wildman–Crippen MR) is 84.0 cm³/mol. The molecule has 0 atom stereocenters. The molecule has 20 heavy (non-hydrogen) atoms. The molecule has 106 valence electrons. The van der Waals surface area contributed by atoms with Crippen molar-refractivity contribution in [2.45, 2.75) is 26.5 Å². The van der Waals surface area contributed by atoms with Crippen LogP contribution < -0.4 is 15.4 Å². The lowest BCUT2D eigenvalue weighted by atomic mass is 10.3. The number of rotatable bonds is 5. The summed E-state index contributed by atoms with van der Waals surface area (Å²) in [5, 5.41) is 6.80. The minimum atomic E-state index is 0.173. The van der Waals surface area contributed by atoms with E-state index in [0.717, 1.165) is 17.0 Å². The Balaban J connectivity index is 1.81. The number of nitrogens with one attached hydrogen (secondary N) is 2. The van der Waals surface area contributed by atoms with Gasteiger partial charge in [-0.1, -0.05) is 0 Å². The Hall–Kier alpha value is -2.01. The van der Waals surface area contributed by atoms with Gasteiger partial charge in [0, 0.05) is 17.8 Å². The fourth-order valence-corrected chi connectivity index (χ4v) is 1.83. The van der Waals surface area contributed by atoms with Gasteiger partial charge in [0.25, 0.3) is 0 Å². The Morgan fingerprint density at radius 2 is 2.00 bits per heavy atom. The lowest BCUT2D eigenvalue weighted by Crippen LogP contribution is -2.27. The molecule has 2 N–H and O–H groups in total. The zero-order chi connectivity index (χ0) is 14.4. The Bertz CT molecular complexity index is 536. The summed E-state index contributed by atoms with van der Waals surface area (Å²) in [6, 6.07) is 9.60. The van der Waals surface area contributed by atoms with Crippen LogP contribution in [-0.2, 0) is 6.54 Å². The summed E-state index contributed by atoms with van der Waals surface area (Å²) in [5.41, 5.74) is 1.97. The molecule has 1 aromatic carbocycles. The van der Waals surface area contributed by atoms with Gasteiger partial charge in [0.1, 0.15) is 5.75 Å². The van der Waals surface area contributed by atoms with E-state index in [9.17, 15) is 0 Å². The maximum Gasteiger partial charge on any atom is 0.171 e. The summed E-state index contributed by atoms with van der Waals surface area (Å²) >= 11 is 5.23. The highest BCUT2D eigenvalue weighted by molar-refractivity contribution is 7.80. The molecule has 1 aromatic heterocycles. The van der Waals surface area contributed by atoms with E-state index in [1.807, 2.05) is 44.2 Å². The lowest BCUT2D eigenvalue weighted by molar-refractivity contribution is 0.242. The van der Waals surface area contributed by atoms with Gasteiger partial charge in [-0.05, 0) is 56.4 Å². The third kappa shape index (κ3) is 4.59. The van der Waals surface area contributed by atoms with Gasteiger partial charge in [0.05, 0.1) is 18.6 Å². The van der Waals surface area contributed by atoms with Crippen molar-refractivity contribution in [3.05, 3.63) is 48.4 Å². The summed E-state index contributed by atoms with van der Waals surface area (Å²) in [5.74, 6) is 0.850. The zero-order valence-electron chi connectivity index (χ0n) is 11.6. The van der Waals surface area contributed by atoms with Crippen LogP contribution in [-0.4, -0.2) is 11.2 Å². The van der Waals surface area contributed by atoms with Crippen LogP contribution in [0.1, 0.15) is 19.4 Å². The van der Waals surface area contributed by atoms with E-state index in [0.29, 0.717) is 11.7 Å². The first kappa shape index (κ1) is 14.4. The number of benzene rings is 1. The van der Waals surface area contributed by atoms with Crippen molar-refractivity contribution in [3.63, 3.8) is 0 Å². The van der Waals surface area contributed by atoms with E-state index in [2.05, 4.69) is 10.6 Å². The third-order valence-electron chi connectivity index (χ3n) is 2.52. The second-order valence-corrected chi connectivity index (χ2v) is 5.04. The van der Waals surface area contributed by atoms with Crippen molar-refractivity contribution in [2.24, 2.45) is 0 Å². The summed E-state index contributed by atoms with van der Waals surface area (Å²) < 4.78 is 10.6. The van der Waals surface area contributed by atoms with Crippen molar-refractivity contribution in [1.29, 1.82) is 0 Å². The SMILES string of the molecule is CC(C)Oc1ccc(NC(=S)NCc2ccoc2)cc1. The van der Waals surface area contributed by atoms with Crippen molar-refractivity contribution in [2.75, 3.05) is 5.32 Å². The molecule has 4 nitrogen and oxygen atoms in total. The van der Waals surface area contributed by atoms with E-state index in [-0.39, 0.29) is 6.10 Å². The highest BCUT2D eigenvalue weighted by Crippen LogP contribution is 2.16. The van der Waals surface area contributed by atoms with Crippen LogP contribution in [0.2, 0.25) is 0 Å². The van der Waals surface area contributed by atoms with Crippen molar-refractivity contribution in [1.82, 2.24) is 5.32 Å². The maximum atomic E-state index is 5.58. The largest absolute Gasteiger partial charge is 0.491 e. The molecule has 2 aromatic rings. The van der Waals surface area contributed by atoms with E-state index in [1.165, 1.54) is 0 Å². The number of thiocarbonyl (C=S) groups is 1. The van der Waals surface area contributed by atoms with Gasteiger partial charge in [-0.25, -0.2) is 0 Å². The quantitative estimate of drug-likeness (QED) is 0.825. The number of hydrogen-bond donors (Lipinski definition) is 2. The average Bonchev–Trinajstić information content (AvgIpc) is 2.91. The topological polar surface area (TPSA) is 46.4 Å². The fraction of sp³-hybridized carbons (Fsp3) is 0.267. The molecule has 0 unspecified atom stereocenters. The Morgan fingerprint density at radius 1 is 1.25 bits per heavy atom. The van der Waals surface area contributed by atoms with Gasteiger partial charge < -0.3 is 19.8 Å². The van der Waals surface area contributed by atoms with E-state index in [1.54, 1.807) is 12.5 Å². The Labute approximate surface area is 124 Å². The molecule has 0 fully saturated rings. The minimum absolute atomic E-state index is 0.173. The van der Waals surface area contributed by atoms with Gasteiger partial charge in [-0.15, -0.1) is 0 Å². The van der Waals surface area contributed by atoms with E-state index >= 15 is 0 Å². The average molecular weight is 290 g/mol. The molecule has 0 saturated heterocycles. The van der Waals surface area contributed by atoms with E-state index < -0.39 is 0 Å². The molecule has 0 aliphatic heterocycles. The van der Waals surface area contributed by atoms with Crippen LogP contribution in [0.4, 0.5) is 5.69 Å². The Morgan fingerprint density at radius 3 is 2.60 bits per heavy atom. The molecule has 0 saturated carbocycles. The number of ether oxygens (including phenoxy) is 1. The van der Waals surface area contributed by atoms with Crippen LogP contribution in [0.15, 0.2) is 47.3 Å². The summed E-state index contributed by atoms with van der Waals surface area (Å²) in [7, 11) is 0. The second kappa shape index (κ2) is 6.96. The first-order valence-electron chi connectivity index (χ1n) is 6.46. The normalized spacial score (nSPS) is 10.3. The van der Waals surface area contributed by atoms with Gasteiger partial charge in [-0.3, -0.25) is 0 Å². The number of anilines is 1. The van der Waals surface area contributed by atoms with Crippen LogP contribution in [0.5, 0.6) is 5.75 Å². The number of furan rings is 1. The highest BCUT2D eigenvalue weighted by Gasteiger charge is 2.01. The number of hydrogen-bond acceptors (Lipinski definition) is 3. The second-order valence-electron chi connectivity index (χ2n) is 4.63. The predicted octanol–water partition coefficient (Wildman–Crippen LogP) is 3.55. The molecular formula is C15H18N2O2S. The van der Waals surface area contributed by atoms with Gasteiger partial charge in [0.15, 0.2) is 5.11 Å². The Kier molecular flexibility index (Phi) is 5.01. The van der Waals surface area contributed by atoms with Crippen LogP contribution >= 0.6 is 12.2 Å². The molecule has 0 bridgehead atoms. The molecule has 1 heterocycles. The highest BCUT2D eigenvalue weighted by atomic mass is 32.1. The third-order valence-corrected chi connectivity index (χ3v) is 2.76. The van der Waals surface area contributed by atoms with Crippen LogP contribution in [0.3, 0.4) is 0 Å². The first-order valence-corrected chi connectivity index (χ1v) is 6.87. The molecule has 0 radical (unpaired) electrons. The molecule has 0 aliphatic rings. The molecule has 5 heteroatoms. The van der Waals surface area contributed by atoms with Crippen molar-refractivity contribution in [3.8, 4) is 5.75 Å². The fourth-order valence-electron chi connectivity index (χ4n) is 1.64. The maximum absolute atomic E-state index is 5.58. The first-order chi connectivity index (χ1) is 9.63. The molecular weight excluding hydrogens is 272 g/mol. The lowest BCUT2D eigenvalue weighted by Gasteiger charge is -2.12. The van der Waals surface area contributed by atoms with E-state index in [4.69, 9.17) is 21.4 Å². The molecule has 2 rings (SSSR count). The molecule has 0 spiro atoms. The summed E-state index contributed by atoms with van der Waals surface area (Å²) in [4.78, 5) is 0. The van der Waals surface area contributed by atoms with Crippen molar-refractivity contribution < 1.29 is 9.15 Å². The van der Waals surface area contributed by atoms with Gasteiger partial charge in [0.2, 0.25) is 0 Å². The van der Waals surface area contributed by atoms with Crippen molar-refractivity contribution >= 4 is 23.0 Å². The smallest absolute Gasteiger partial charge is 0.171 e.